The number of hydrogen-bond acceptors (Lipinski definition) is 5. The second kappa shape index (κ2) is 6.50. The summed E-state index contributed by atoms with van der Waals surface area (Å²) in [5, 5.41) is 8.74. The average molecular weight is 317 g/mol. The largest absolute Gasteiger partial charge is 0.478 e. The van der Waals surface area contributed by atoms with E-state index in [0.29, 0.717) is 32.8 Å². The van der Waals surface area contributed by atoms with Gasteiger partial charge in [0.2, 0.25) is 0 Å². The molecule has 8 heteroatoms. The van der Waals surface area contributed by atoms with Crippen LogP contribution < -0.4 is 0 Å². The Morgan fingerprint density at radius 1 is 1.33 bits per heavy atom. The van der Waals surface area contributed by atoms with Gasteiger partial charge in [0.15, 0.2) is 9.84 Å². The van der Waals surface area contributed by atoms with Crippen molar-refractivity contribution in [2.24, 2.45) is 0 Å². The predicted octanol–water partition coefficient (Wildman–Crippen LogP) is 0.630. The van der Waals surface area contributed by atoms with Gasteiger partial charge in [-0.25, -0.2) is 17.6 Å². The maximum atomic E-state index is 13.8. The molecule has 1 aromatic carbocycles. The van der Waals surface area contributed by atoms with E-state index in [1.165, 1.54) is 0 Å². The summed E-state index contributed by atoms with van der Waals surface area (Å²) in [5.74, 6) is -2.54. The zero-order valence-corrected chi connectivity index (χ0v) is 12.1. The fourth-order valence-electron chi connectivity index (χ4n) is 2.07. The molecule has 0 aromatic heterocycles. The van der Waals surface area contributed by atoms with Crippen molar-refractivity contribution in [3.05, 3.63) is 29.6 Å². The van der Waals surface area contributed by atoms with Gasteiger partial charge in [-0.05, 0) is 18.2 Å². The normalized spacial score (nSPS) is 16.8. The van der Waals surface area contributed by atoms with Gasteiger partial charge in [0, 0.05) is 19.6 Å². The van der Waals surface area contributed by atoms with Crippen LogP contribution in [0.25, 0.3) is 0 Å². The lowest BCUT2D eigenvalue weighted by molar-refractivity contribution is 0.0408. The fraction of sp³-hybridized carbons (Fsp3) is 0.462. The summed E-state index contributed by atoms with van der Waals surface area (Å²) in [6.07, 6.45) is 0. The van der Waals surface area contributed by atoms with E-state index in [9.17, 15) is 17.6 Å². The summed E-state index contributed by atoms with van der Waals surface area (Å²) in [6, 6.07) is 2.82. The Bertz CT molecular complexity index is 625. The zero-order valence-electron chi connectivity index (χ0n) is 11.3. The number of ether oxygens (including phenoxy) is 1. The maximum absolute atomic E-state index is 13.8. The molecule has 0 saturated carbocycles. The van der Waals surface area contributed by atoms with Gasteiger partial charge in [0.1, 0.15) is 10.7 Å². The summed E-state index contributed by atoms with van der Waals surface area (Å²) in [6.45, 7) is 2.71. The summed E-state index contributed by atoms with van der Waals surface area (Å²) in [7, 11) is -3.78. The number of carboxylic acids is 1. The molecule has 0 bridgehead atoms. The molecule has 6 nitrogen and oxygen atoms in total. The number of carboxylic acid groups (broad SMARTS) is 1. The molecule has 0 aliphatic carbocycles. The SMILES string of the molecule is O=C(O)c1ccc(S(=O)(=O)CCN2CCOCC2)c(F)c1. The quantitative estimate of drug-likeness (QED) is 0.857. The second-order valence-electron chi connectivity index (χ2n) is 4.72. The number of nitrogens with zero attached hydrogens (tertiary/aromatic N) is 1. The van der Waals surface area contributed by atoms with Gasteiger partial charge in [-0.3, -0.25) is 4.90 Å². The number of aromatic carboxylic acids is 1. The highest BCUT2D eigenvalue weighted by molar-refractivity contribution is 7.91. The Hall–Kier alpha value is -1.51. The molecule has 1 aromatic rings. The lowest BCUT2D eigenvalue weighted by Crippen LogP contribution is -2.39. The molecule has 0 amide bonds. The minimum absolute atomic E-state index is 0.212. The lowest BCUT2D eigenvalue weighted by atomic mass is 10.2. The van der Waals surface area contributed by atoms with Crippen molar-refractivity contribution in [2.45, 2.75) is 4.90 Å². The van der Waals surface area contributed by atoms with E-state index in [4.69, 9.17) is 9.84 Å². The minimum atomic E-state index is -3.78. The smallest absolute Gasteiger partial charge is 0.335 e. The standard InChI is InChI=1S/C13H16FNO5S/c14-11-9-10(13(16)17)1-2-12(11)21(18,19)8-5-15-3-6-20-7-4-15/h1-2,9H,3-8H2,(H,16,17). The van der Waals surface area contributed by atoms with Crippen LogP contribution in [-0.2, 0) is 14.6 Å². The molecule has 116 valence electrons. The van der Waals surface area contributed by atoms with Crippen molar-refractivity contribution < 1.29 is 27.4 Å². The van der Waals surface area contributed by atoms with Crippen molar-refractivity contribution in [1.82, 2.24) is 4.90 Å². The molecule has 1 saturated heterocycles. The third-order valence-corrected chi connectivity index (χ3v) is 5.02. The van der Waals surface area contributed by atoms with Gasteiger partial charge >= 0.3 is 5.97 Å². The van der Waals surface area contributed by atoms with Crippen molar-refractivity contribution in [1.29, 1.82) is 0 Å². The maximum Gasteiger partial charge on any atom is 0.335 e. The van der Waals surface area contributed by atoms with Crippen LogP contribution in [0.4, 0.5) is 4.39 Å². The predicted molar refractivity (Wildman–Crippen MR) is 72.7 cm³/mol. The summed E-state index contributed by atoms with van der Waals surface area (Å²) < 4.78 is 43.2. The van der Waals surface area contributed by atoms with E-state index >= 15 is 0 Å². The molecule has 0 spiro atoms. The molecule has 2 rings (SSSR count). The lowest BCUT2D eigenvalue weighted by Gasteiger charge is -2.26. The van der Waals surface area contributed by atoms with Crippen LogP contribution >= 0.6 is 0 Å². The average Bonchev–Trinajstić information content (AvgIpc) is 2.46. The topological polar surface area (TPSA) is 83.9 Å². The fourth-order valence-corrected chi connectivity index (χ4v) is 3.42. The van der Waals surface area contributed by atoms with Crippen molar-refractivity contribution in [3.63, 3.8) is 0 Å². The molecule has 1 N–H and O–H groups in total. The second-order valence-corrected chi connectivity index (χ2v) is 6.80. The van der Waals surface area contributed by atoms with Gasteiger partial charge in [-0.15, -0.1) is 0 Å². The van der Waals surface area contributed by atoms with Gasteiger partial charge in [-0.1, -0.05) is 0 Å². The van der Waals surface area contributed by atoms with Crippen LogP contribution in [-0.4, -0.2) is 63.0 Å². The molecule has 1 aliphatic heterocycles. The van der Waals surface area contributed by atoms with Crippen LogP contribution in [0.5, 0.6) is 0 Å². The Kier molecular flexibility index (Phi) is 4.92. The van der Waals surface area contributed by atoms with Gasteiger partial charge in [-0.2, -0.15) is 0 Å². The Balaban J connectivity index is 2.10. The first-order valence-corrected chi connectivity index (χ1v) is 8.11. The number of carbonyl (C=O) groups is 1. The highest BCUT2D eigenvalue weighted by atomic mass is 32.2. The number of benzene rings is 1. The first-order chi connectivity index (χ1) is 9.90. The highest BCUT2D eigenvalue weighted by Gasteiger charge is 2.22. The van der Waals surface area contributed by atoms with Crippen molar-refractivity contribution in [3.8, 4) is 0 Å². The molecule has 21 heavy (non-hydrogen) atoms. The third kappa shape index (κ3) is 3.99. The molecule has 0 radical (unpaired) electrons. The zero-order chi connectivity index (χ0) is 15.5. The summed E-state index contributed by atoms with van der Waals surface area (Å²) in [4.78, 5) is 12.2. The molecule has 1 fully saturated rings. The van der Waals surface area contributed by atoms with E-state index in [1.54, 1.807) is 0 Å². The molecule has 1 heterocycles. The first-order valence-electron chi connectivity index (χ1n) is 6.46. The van der Waals surface area contributed by atoms with E-state index in [1.807, 2.05) is 4.90 Å². The van der Waals surface area contributed by atoms with E-state index in [2.05, 4.69) is 0 Å². The molecular formula is C13H16FNO5S. The van der Waals surface area contributed by atoms with Crippen LogP contribution in [0.2, 0.25) is 0 Å². The van der Waals surface area contributed by atoms with Crippen molar-refractivity contribution in [2.75, 3.05) is 38.6 Å². The monoisotopic (exact) mass is 317 g/mol. The Morgan fingerprint density at radius 3 is 2.57 bits per heavy atom. The number of sulfone groups is 1. The highest BCUT2D eigenvalue weighted by Crippen LogP contribution is 2.18. The van der Waals surface area contributed by atoms with Gasteiger partial charge in [0.05, 0.1) is 24.5 Å². The minimum Gasteiger partial charge on any atom is -0.478 e. The van der Waals surface area contributed by atoms with Gasteiger partial charge in [0.25, 0.3) is 0 Å². The number of rotatable bonds is 5. The summed E-state index contributed by atoms with van der Waals surface area (Å²) in [5.41, 5.74) is -0.278. The van der Waals surface area contributed by atoms with Crippen LogP contribution in [0.3, 0.4) is 0 Å². The Labute approximate surface area is 122 Å². The number of morpholine rings is 1. The van der Waals surface area contributed by atoms with Crippen LogP contribution in [0.1, 0.15) is 10.4 Å². The van der Waals surface area contributed by atoms with Gasteiger partial charge < -0.3 is 9.84 Å². The number of hydrogen-bond donors (Lipinski definition) is 1. The first kappa shape index (κ1) is 15.9. The van der Waals surface area contributed by atoms with Crippen molar-refractivity contribution >= 4 is 15.8 Å². The van der Waals surface area contributed by atoms with E-state index in [0.717, 1.165) is 18.2 Å². The molecule has 1 aliphatic rings. The van der Waals surface area contributed by atoms with Crippen LogP contribution in [0.15, 0.2) is 23.1 Å². The van der Waals surface area contributed by atoms with Crippen LogP contribution in [0, 0.1) is 5.82 Å². The molecule has 0 atom stereocenters. The molecule has 0 unspecified atom stereocenters. The summed E-state index contributed by atoms with van der Waals surface area (Å²) >= 11 is 0. The molecular weight excluding hydrogens is 301 g/mol. The third-order valence-electron chi connectivity index (χ3n) is 3.29. The Morgan fingerprint density at radius 2 is 2.00 bits per heavy atom. The van der Waals surface area contributed by atoms with E-state index < -0.39 is 26.5 Å². The number of halogens is 1. The van der Waals surface area contributed by atoms with E-state index in [-0.39, 0.29) is 11.3 Å².